The molecule has 0 spiro atoms. The van der Waals surface area contributed by atoms with Crippen LogP contribution in [0.2, 0.25) is 5.02 Å². The minimum atomic E-state index is -1.14. The Morgan fingerprint density at radius 3 is 2.69 bits per heavy atom. The Bertz CT molecular complexity index is 1600. The van der Waals surface area contributed by atoms with Crippen LogP contribution in [0.1, 0.15) is 35.3 Å². The molecule has 1 unspecified atom stereocenters. The number of pyridine rings is 2. The van der Waals surface area contributed by atoms with Gasteiger partial charge in [-0.1, -0.05) is 18.5 Å². The molecule has 0 aliphatic carbocycles. The molecule has 1 amide bonds. The first-order valence-electron chi connectivity index (χ1n) is 10.8. The summed E-state index contributed by atoms with van der Waals surface area (Å²) in [5.74, 6) is -1.33. The Morgan fingerprint density at radius 1 is 1.25 bits per heavy atom. The third kappa shape index (κ3) is 4.52. The van der Waals surface area contributed by atoms with Gasteiger partial charge in [-0.3, -0.25) is 14.2 Å². The molecule has 0 bridgehead atoms. The molecule has 0 aliphatic rings. The zero-order valence-corrected chi connectivity index (χ0v) is 20.0. The number of halogens is 1. The lowest BCUT2D eigenvalue weighted by Gasteiger charge is -2.20. The summed E-state index contributed by atoms with van der Waals surface area (Å²) in [5, 5.41) is 25.9. The molecule has 4 aromatic rings. The number of nitriles is 1. The van der Waals surface area contributed by atoms with Gasteiger partial charge in [-0.15, -0.1) is 0 Å². The Labute approximate surface area is 209 Å². The van der Waals surface area contributed by atoms with Gasteiger partial charge < -0.3 is 15.2 Å². The van der Waals surface area contributed by atoms with E-state index in [4.69, 9.17) is 16.3 Å². The number of aromatic nitrogens is 3. The van der Waals surface area contributed by atoms with Crippen LogP contribution in [0.3, 0.4) is 0 Å². The highest BCUT2D eigenvalue weighted by Crippen LogP contribution is 2.33. The van der Waals surface area contributed by atoms with Crippen molar-refractivity contribution in [2.45, 2.75) is 19.4 Å². The fraction of sp³-hybridized carbons (Fsp3) is 0.160. The normalized spacial score (nSPS) is 11.6. The highest BCUT2D eigenvalue weighted by molar-refractivity contribution is 6.31. The molecule has 1 atom stereocenters. The molecule has 2 N–H and O–H groups in total. The second kappa shape index (κ2) is 9.93. The van der Waals surface area contributed by atoms with Crippen LogP contribution < -0.4 is 15.6 Å². The van der Waals surface area contributed by atoms with Crippen LogP contribution in [0, 0.1) is 11.3 Å². The van der Waals surface area contributed by atoms with Crippen molar-refractivity contribution in [3.05, 3.63) is 81.5 Å². The Morgan fingerprint density at radius 2 is 2.03 bits per heavy atom. The minimum absolute atomic E-state index is 0.00700. The Kier molecular flexibility index (Phi) is 6.76. The fourth-order valence-corrected chi connectivity index (χ4v) is 4.11. The maximum atomic E-state index is 13.2. The molecule has 1 aromatic carbocycles. The lowest BCUT2D eigenvalue weighted by molar-refractivity contribution is -0.119. The quantitative estimate of drug-likeness (QED) is 0.387. The van der Waals surface area contributed by atoms with Gasteiger partial charge in [0.05, 0.1) is 36.7 Å². The number of hydrogen-bond donors (Lipinski definition) is 2. The van der Waals surface area contributed by atoms with E-state index in [0.29, 0.717) is 32.9 Å². The van der Waals surface area contributed by atoms with Gasteiger partial charge in [-0.2, -0.15) is 10.4 Å². The molecular weight excluding hydrogens is 486 g/mol. The van der Waals surface area contributed by atoms with E-state index < -0.39 is 23.5 Å². The summed E-state index contributed by atoms with van der Waals surface area (Å²) < 4.78 is 8.14. The van der Waals surface area contributed by atoms with Gasteiger partial charge in [0.2, 0.25) is 5.91 Å². The van der Waals surface area contributed by atoms with Crippen molar-refractivity contribution in [1.82, 2.24) is 14.2 Å². The van der Waals surface area contributed by atoms with Gasteiger partial charge in [-0.05, 0) is 36.8 Å². The van der Waals surface area contributed by atoms with Crippen molar-refractivity contribution < 1.29 is 19.4 Å². The molecule has 11 heteroatoms. The van der Waals surface area contributed by atoms with Crippen molar-refractivity contribution in [2.75, 3.05) is 12.4 Å². The standard InChI is InChI=1S/C25H20ClN5O5/c1-3-20(24(33)29-16-6-7-31-21(9-16)19(12-28-31)25(34)35)30-13-22(36-2)18(10-23(30)32)17-8-15(26)5-4-14(17)11-27/h4-10,12-13,20H,3H2,1-2H3,(H,29,33)(H,34,35). The monoisotopic (exact) mass is 505 g/mol. The van der Waals surface area contributed by atoms with E-state index in [0.717, 1.165) is 0 Å². The van der Waals surface area contributed by atoms with Crippen molar-refractivity contribution in [3.63, 3.8) is 0 Å². The second-order valence-corrected chi connectivity index (χ2v) is 8.26. The zero-order chi connectivity index (χ0) is 26.0. The summed E-state index contributed by atoms with van der Waals surface area (Å²) in [7, 11) is 1.42. The molecule has 0 radical (unpaired) electrons. The lowest BCUT2D eigenvalue weighted by Crippen LogP contribution is -2.32. The number of carboxylic acids is 1. The van der Waals surface area contributed by atoms with Crippen LogP contribution in [0.25, 0.3) is 16.6 Å². The summed E-state index contributed by atoms with van der Waals surface area (Å²) in [6.45, 7) is 1.75. The number of nitrogens with zero attached hydrogens (tertiary/aromatic N) is 4. The van der Waals surface area contributed by atoms with Crippen LogP contribution in [-0.4, -0.2) is 38.3 Å². The third-order valence-corrected chi connectivity index (χ3v) is 5.94. The molecule has 0 saturated heterocycles. The summed E-state index contributed by atoms with van der Waals surface area (Å²) in [6.07, 6.45) is 4.46. The third-order valence-electron chi connectivity index (χ3n) is 5.70. The summed E-state index contributed by atoms with van der Waals surface area (Å²) >= 11 is 6.11. The Balaban J connectivity index is 1.71. The van der Waals surface area contributed by atoms with Crippen molar-refractivity contribution in [3.8, 4) is 22.9 Å². The van der Waals surface area contributed by atoms with Crippen molar-refractivity contribution in [1.29, 1.82) is 5.26 Å². The van der Waals surface area contributed by atoms with Crippen molar-refractivity contribution in [2.24, 2.45) is 0 Å². The fourth-order valence-electron chi connectivity index (χ4n) is 3.94. The number of methoxy groups -OCH3 is 1. The first kappa shape index (κ1) is 24.5. The number of ether oxygens (including phenoxy) is 1. The van der Waals surface area contributed by atoms with E-state index >= 15 is 0 Å². The van der Waals surface area contributed by atoms with E-state index in [1.165, 1.54) is 46.9 Å². The highest BCUT2D eigenvalue weighted by Gasteiger charge is 2.23. The molecule has 0 aliphatic heterocycles. The molecular formula is C25H20ClN5O5. The lowest BCUT2D eigenvalue weighted by atomic mass is 10.00. The van der Waals surface area contributed by atoms with E-state index in [1.807, 2.05) is 0 Å². The average Bonchev–Trinajstić information content (AvgIpc) is 3.29. The predicted molar refractivity (Wildman–Crippen MR) is 133 cm³/mol. The number of anilines is 1. The van der Waals surface area contributed by atoms with Gasteiger partial charge in [-0.25, -0.2) is 9.31 Å². The molecule has 3 aromatic heterocycles. The van der Waals surface area contributed by atoms with Gasteiger partial charge in [0.15, 0.2) is 0 Å². The van der Waals surface area contributed by atoms with Crippen LogP contribution in [0.4, 0.5) is 5.69 Å². The number of carboxylic acid groups (broad SMARTS) is 1. The number of nitrogens with one attached hydrogen (secondary N) is 1. The van der Waals surface area contributed by atoms with E-state index in [-0.39, 0.29) is 17.7 Å². The molecule has 36 heavy (non-hydrogen) atoms. The number of aromatic carboxylic acids is 1. The average molecular weight is 506 g/mol. The van der Waals surface area contributed by atoms with E-state index in [1.54, 1.807) is 31.2 Å². The molecule has 4 rings (SSSR count). The SMILES string of the molecule is CCC(C(=O)Nc1ccn2ncc(C(=O)O)c2c1)n1cc(OC)c(-c2cc(Cl)ccc2C#N)cc1=O. The number of amides is 1. The van der Waals surface area contributed by atoms with Crippen molar-refractivity contribution >= 4 is 34.7 Å². The molecule has 0 fully saturated rings. The van der Waals surface area contributed by atoms with Crippen LogP contribution in [0.15, 0.2) is 59.8 Å². The van der Waals surface area contributed by atoms with Gasteiger partial charge in [0.1, 0.15) is 17.4 Å². The Hall–Kier alpha value is -4.62. The number of carbonyl (C=O) groups is 2. The van der Waals surface area contributed by atoms with Gasteiger partial charge >= 0.3 is 5.97 Å². The highest BCUT2D eigenvalue weighted by atomic mass is 35.5. The largest absolute Gasteiger partial charge is 0.495 e. The number of carbonyl (C=O) groups excluding carboxylic acids is 1. The smallest absolute Gasteiger partial charge is 0.339 e. The van der Waals surface area contributed by atoms with Crippen LogP contribution >= 0.6 is 11.6 Å². The number of rotatable bonds is 7. The van der Waals surface area contributed by atoms with Crippen LogP contribution in [-0.2, 0) is 4.79 Å². The second-order valence-electron chi connectivity index (χ2n) is 7.82. The molecule has 182 valence electrons. The van der Waals surface area contributed by atoms with E-state index in [2.05, 4.69) is 16.5 Å². The van der Waals surface area contributed by atoms with Gasteiger partial charge in [0, 0.05) is 34.1 Å². The predicted octanol–water partition coefficient (Wildman–Crippen LogP) is 3.98. The summed E-state index contributed by atoms with van der Waals surface area (Å²) in [6, 6.07) is 10.3. The topological polar surface area (TPSA) is 139 Å². The zero-order valence-electron chi connectivity index (χ0n) is 19.2. The number of fused-ring (bicyclic) bond motifs is 1. The maximum Gasteiger partial charge on any atom is 0.339 e. The number of hydrogen-bond acceptors (Lipinski definition) is 6. The molecule has 10 nitrogen and oxygen atoms in total. The van der Waals surface area contributed by atoms with Crippen LogP contribution in [0.5, 0.6) is 5.75 Å². The first-order valence-corrected chi connectivity index (χ1v) is 11.2. The summed E-state index contributed by atoms with van der Waals surface area (Å²) in [4.78, 5) is 37.7. The maximum absolute atomic E-state index is 13.2. The first-order chi connectivity index (χ1) is 17.3. The van der Waals surface area contributed by atoms with E-state index in [9.17, 15) is 24.8 Å². The molecule has 3 heterocycles. The number of benzene rings is 1. The van der Waals surface area contributed by atoms with Gasteiger partial charge in [0.25, 0.3) is 5.56 Å². The molecule has 0 saturated carbocycles. The minimum Gasteiger partial charge on any atom is -0.495 e. The summed E-state index contributed by atoms with van der Waals surface area (Å²) in [5.41, 5.74) is 1.31.